The van der Waals surface area contributed by atoms with Gasteiger partial charge in [-0.05, 0) is 17.2 Å². The average Bonchev–Trinajstić information content (AvgIpc) is 2.44. The first-order chi connectivity index (χ1) is 10.8. The number of hydrogen-bond donors (Lipinski definition) is 0. The Balaban J connectivity index is 3.11. The minimum atomic E-state index is -3.57. The number of esters is 1. The molecule has 1 aromatic carbocycles. The van der Waals surface area contributed by atoms with Gasteiger partial charge < -0.3 is 4.74 Å². The van der Waals surface area contributed by atoms with Crippen LogP contribution in [0.4, 0.5) is 0 Å². The van der Waals surface area contributed by atoms with Gasteiger partial charge in [-0.1, -0.05) is 58.0 Å². The summed E-state index contributed by atoms with van der Waals surface area (Å²) in [5, 5.41) is 0.0408. The lowest BCUT2D eigenvalue weighted by Gasteiger charge is -2.31. The molecule has 0 aliphatic heterocycles. The van der Waals surface area contributed by atoms with E-state index in [-0.39, 0.29) is 15.7 Å². The number of ether oxygens (including phenoxy) is 1. The standard InChI is InChI=1S/C18H26O4SSi/c1-15(19)22-16(12-13-24(5,6)18(2,3)4)14-23(20,21)17-10-8-7-9-11-17/h7-11,16H,14H2,1-6H3. The van der Waals surface area contributed by atoms with E-state index in [9.17, 15) is 13.2 Å². The molecule has 1 aromatic rings. The first-order valence-electron chi connectivity index (χ1n) is 7.83. The topological polar surface area (TPSA) is 60.4 Å². The Labute approximate surface area is 146 Å². The molecule has 0 radical (unpaired) electrons. The van der Waals surface area contributed by atoms with Crippen molar-refractivity contribution in [2.24, 2.45) is 0 Å². The molecule has 0 aliphatic carbocycles. The second kappa shape index (κ2) is 7.54. The van der Waals surface area contributed by atoms with Gasteiger partial charge in [0, 0.05) is 6.92 Å². The minimum absolute atomic E-state index is 0.0408. The lowest BCUT2D eigenvalue weighted by atomic mass is 10.2. The first-order valence-corrected chi connectivity index (χ1v) is 12.5. The second-order valence-corrected chi connectivity index (χ2v) is 14.4. The smallest absolute Gasteiger partial charge is 0.303 e. The van der Waals surface area contributed by atoms with Crippen LogP contribution in [-0.4, -0.2) is 34.3 Å². The normalized spacial score (nSPS) is 13.6. The van der Waals surface area contributed by atoms with E-state index in [1.165, 1.54) is 19.1 Å². The van der Waals surface area contributed by atoms with Crippen molar-refractivity contribution in [3.05, 3.63) is 30.3 Å². The molecule has 4 nitrogen and oxygen atoms in total. The predicted octanol–water partition coefficient (Wildman–Crippen LogP) is 3.44. The summed E-state index contributed by atoms with van der Waals surface area (Å²) in [5.74, 6) is 2.04. The maximum atomic E-state index is 12.5. The molecule has 0 N–H and O–H groups in total. The van der Waals surface area contributed by atoms with Crippen molar-refractivity contribution in [2.75, 3.05) is 5.75 Å². The molecule has 132 valence electrons. The SMILES string of the molecule is CC(=O)OC(C#C[Si](C)(C)C(C)(C)C)CS(=O)(=O)c1ccccc1. The van der Waals surface area contributed by atoms with E-state index < -0.39 is 30.0 Å². The van der Waals surface area contributed by atoms with Crippen LogP contribution >= 0.6 is 0 Å². The van der Waals surface area contributed by atoms with Crippen LogP contribution in [0.3, 0.4) is 0 Å². The first kappa shape index (κ1) is 20.5. The zero-order valence-electron chi connectivity index (χ0n) is 15.2. The molecule has 0 amide bonds. The highest BCUT2D eigenvalue weighted by Gasteiger charge is 2.34. The molecular weight excluding hydrogens is 340 g/mol. The summed E-state index contributed by atoms with van der Waals surface area (Å²) in [7, 11) is -5.49. The van der Waals surface area contributed by atoms with Gasteiger partial charge in [-0.15, -0.1) is 5.54 Å². The number of hydrogen-bond acceptors (Lipinski definition) is 4. The summed E-state index contributed by atoms with van der Waals surface area (Å²) < 4.78 is 30.1. The van der Waals surface area contributed by atoms with Gasteiger partial charge in [0.15, 0.2) is 15.9 Å². The van der Waals surface area contributed by atoms with Crippen molar-refractivity contribution < 1.29 is 17.9 Å². The van der Waals surface area contributed by atoms with Gasteiger partial charge in [0.2, 0.25) is 0 Å². The number of carbonyl (C=O) groups excluding carboxylic acids is 1. The molecule has 0 saturated heterocycles. The Morgan fingerprint density at radius 3 is 2.21 bits per heavy atom. The Kier molecular flexibility index (Phi) is 6.43. The zero-order chi connectivity index (χ0) is 18.6. The van der Waals surface area contributed by atoms with E-state index in [1.807, 2.05) is 0 Å². The van der Waals surface area contributed by atoms with Gasteiger partial charge in [0.1, 0.15) is 13.8 Å². The third-order valence-corrected chi connectivity index (χ3v) is 10.5. The van der Waals surface area contributed by atoms with Crippen LogP contribution < -0.4 is 0 Å². The summed E-state index contributed by atoms with van der Waals surface area (Å²) in [4.78, 5) is 11.5. The molecule has 0 saturated carbocycles. The van der Waals surface area contributed by atoms with Crippen molar-refractivity contribution in [1.82, 2.24) is 0 Å². The van der Waals surface area contributed by atoms with E-state index in [4.69, 9.17) is 4.74 Å². The minimum Gasteiger partial charge on any atom is -0.448 e. The van der Waals surface area contributed by atoms with E-state index >= 15 is 0 Å². The van der Waals surface area contributed by atoms with Gasteiger partial charge in [-0.3, -0.25) is 4.79 Å². The van der Waals surface area contributed by atoms with Gasteiger partial charge in [0.05, 0.1) is 4.90 Å². The van der Waals surface area contributed by atoms with Gasteiger partial charge in [0.25, 0.3) is 0 Å². The summed E-state index contributed by atoms with van der Waals surface area (Å²) >= 11 is 0. The molecule has 1 unspecified atom stereocenters. The number of rotatable bonds is 4. The highest BCUT2D eigenvalue weighted by Crippen LogP contribution is 2.35. The molecule has 0 heterocycles. The molecule has 1 atom stereocenters. The lowest BCUT2D eigenvalue weighted by molar-refractivity contribution is -0.142. The zero-order valence-corrected chi connectivity index (χ0v) is 17.0. The molecule has 0 aromatic heterocycles. The molecule has 0 spiro atoms. The maximum Gasteiger partial charge on any atom is 0.303 e. The summed E-state index contributed by atoms with van der Waals surface area (Å²) in [6, 6.07) is 8.13. The van der Waals surface area contributed by atoms with Crippen LogP contribution in [0.25, 0.3) is 0 Å². The largest absolute Gasteiger partial charge is 0.448 e. The van der Waals surface area contributed by atoms with E-state index in [1.54, 1.807) is 18.2 Å². The Bertz CT molecular complexity index is 735. The molecule has 1 rings (SSSR count). The van der Waals surface area contributed by atoms with Crippen molar-refractivity contribution in [2.45, 2.75) is 56.8 Å². The number of carbonyl (C=O) groups is 1. The fraction of sp³-hybridized carbons (Fsp3) is 0.500. The number of sulfone groups is 1. The molecule has 24 heavy (non-hydrogen) atoms. The van der Waals surface area contributed by atoms with Gasteiger partial charge in [-0.2, -0.15) is 0 Å². The Hall–Kier alpha value is -1.58. The van der Waals surface area contributed by atoms with Gasteiger partial charge >= 0.3 is 5.97 Å². The van der Waals surface area contributed by atoms with Crippen LogP contribution in [0.2, 0.25) is 18.1 Å². The Morgan fingerprint density at radius 1 is 1.21 bits per heavy atom. The average molecular weight is 367 g/mol. The molecular formula is C18H26O4SSi. The Morgan fingerprint density at radius 2 is 1.75 bits per heavy atom. The third-order valence-electron chi connectivity index (χ3n) is 4.20. The summed E-state index contributed by atoms with van der Waals surface area (Å²) in [6.07, 6.45) is -0.957. The van der Waals surface area contributed by atoms with Crippen molar-refractivity contribution in [1.29, 1.82) is 0 Å². The van der Waals surface area contributed by atoms with Crippen molar-refractivity contribution in [3.8, 4) is 11.5 Å². The summed E-state index contributed by atoms with van der Waals surface area (Å²) in [5.41, 5.74) is 3.23. The molecule has 0 fully saturated rings. The quantitative estimate of drug-likeness (QED) is 0.465. The lowest BCUT2D eigenvalue weighted by Crippen LogP contribution is -2.36. The maximum absolute atomic E-state index is 12.5. The fourth-order valence-electron chi connectivity index (χ4n) is 1.68. The molecule has 0 bridgehead atoms. The second-order valence-electron chi connectivity index (χ2n) is 7.34. The monoisotopic (exact) mass is 366 g/mol. The van der Waals surface area contributed by atoms with Crippen LogP contribution in [0, 0.1) is 11.5 Å². The highest BCUT2D eigenvalue weighted by molar-refractivity contribution is 7.91. The molecule has 0 aliphatic rings. The van der Waals surface area contributed by atoms with Crippen LogP contribution in [0.5, 0.6) is 0 Å². The number of benzene rings is 1. The van der Waals surface area contributed by atoms with Crippen LogP contribution in [0.15, 0.2) is 35.2 Å². The predicted molar refractivity (Wildman–Crippen MR) is 99.0 cm³/mol. The van der Waals surface area contributed by atoms with Crippen molar-refractivity contribution in [3.63, 3.8) is 0 Å². The van der Waals surface area contributed by atoms with E-state index in [2.05, 4.69) is 45.3 Å². The van der Waals surface area contributed by atoms with Crippen LogP contribution in [-0.2, 0) is 19.4 Å². The summed E-state index contributed by atoms with van der Waals surface area (Å²) in [6.45, 7) is 11.9. The highest BCUT2D eigenvalue weighted by atomic mass is 32.2. The fourth-order valence-corrected chi connectivity index (χ4v) is 3.89. The third kappa shape index (κ3) is 5.80. The van der Waals surface area contributed by atoms with Crippen molar-refractivity contribution >= 4 is 23.9 Å². The van der Waals surface area contributed by atoms with Crippen LogP contribution in [0.1, 0.15) is 27.7 Å². The van der Waals surface area contributed by atoms with Gasteiger partial charge in [-0.25, -0.2) is 8.42 Å². The van der Waals surface area contributed by atoms with E-state index in [0.717, 1.165) is 0 Å². The van der Waals surface area contributed by atoms with E-state index in [0.29, 0.717) is 0 Å². The molecule has 6 heteroatoms.